The quantitative estimate of drug-likeness (QED) is 0.187. The molecule has 0 amide bonds. The molecule has 0 saturated carbocycles. The van der Waals surface area contributed by atoms with Crippen molar-refractivity contribution in [1.82, 2.24) is 19.9 Å². The van der Waals surface area contributed by atoms with Crippen molar-refractivity contribution in [2.45, 2.75) is 0 Å². The Morgan fingerprint density at radius 2 is 0.936 bits per heavy atom. The molecule has 2 aromatic heterocycles. The highest BCUT2D eigenvalue weighted by atomic mass is 32.1. The number of rotatable bonds is 5. The number of nitrogens with one attached hydrogen (secondary N) is 1. The second kappa shape index (κ2) is 12.0. The van der Waals surface area contributed by atoms with Crippen LogP contribution in [0.1, 0.15) is 11.1 Å². The smallest absolute Gasteiger partial charge is 0.164 e. The topological polar surface area (TPSA) is 87.8 Å². The molecule has 1 aliphatic carbocycles. The first-order valence-electron chi connectivity index (χ1n) is 15.2. The minimum absolute atomic E-state index is 0.319. The summed E-state index contributed by atoms with van der Waals surface area (Å²) in [6.45, 7) is 0. The molecule has 0 spiro atoms. The molecule has 47 heavy (non-hydrogen) atoms. The maximum atomic E-state index is 8.45. The predicted molar refractivity (Wildman–Crippen MR) is 195 cm³/mol. The van der Waals surface area contributed by atoms with Crippen molar-refractivity contribution in [2.75, 3.05) is 0 Å². The maximum Gasteiger partial charge on any atom is 0.164 e. The highest BCUT2D eigenvalue weighted by molar-refractivity contribution is 7.79. The summed E-state index contributed by atoms with van der Waals surface area (Å²) in [5, 5.41) is 9.39. The largest absolute Gasteiger partial charge is 0.299 e. The SMILES string of the molecule is N=C1C=Cc2c(-c3ccc(-c4nc(-c5ccccc5)nc(-c5ccc(-c6ccccc6)cc5)n4)cc3)nc3ccccc3c2C1=NS. The van der Waals surface area contributed by atoms with Gasteiger partial charge in [0.05, 0.1) is 16.9 Å². The molecule has 8 rings (SSSR count). The van der Waals surface area contributed by atoms with Gasteiger partial charge in [0, 0.05) is 38.8 Å². The molecule has 0 atom stereocenters. The number of pyridine rings is 1. The van der Waals surface area contributed by atoms with E-state index in [0.717, 1.165) is 61.1 Å². The fourth-order valence-corrected chi connectivity index (χ4v) is 6.13. The lowest BCUT2D eigenvalue weighted by molar-refractivity contribution is 1.07. The monoisotopic (exact) mass is 622 g/mol. The Kier molecular flexibility index (Phi) is 7.28. The van der Waals surface area contributed by atoms with Crippen LogP contribution in [0.15, 0.2) is 144 Å². The Morgan fingerprint density at radius 1 is 0.468 bits per heavy atom. The molecular weight excluding hydrogens is 597 g/mol. The van der Waals surface area contributed by atoms with Crippen LogP contribution in [0.25, 0.3) is 73.5 Å². The van der Waals surface area contributed by atoms with Crippen molar-refractivity contribution in [1.29, 1.82) is 5.41 Å². The molecule has 0 radical (unpaired) electrons. The fraction of sp³-hybridized carbons (Fsp3) is 0. The summed E-state index contributed by atoms with van der Waals surface area (Å²) < 4.78 is 4.18. The third-order valence-corrected chi connectivity index (χ3v) is 8.47. The Balaban J connectivity index is 1.22. The third-order valence-electron chi connectivity index (χ3n) is 8.27. The van der Waals surface area contributed by atoms with Crippen LogP contribution in [-0.4, -0.2) is 31.4 Å². The van der Waals surface area contributed by atoms with Crippen LogP contribution in [0.4, 0.5) is 0 Å². The van der Waals surface area contributed by atoms with E-state index < -0.39 is 0 Å². The Labute approximate surface area is 277 Å². The summed E-state index contributed by atoms with van der Waals surface area (Å²) in [6.07, 6.45) is 3.69. The molecule has 7 aromatic rings. The number of benzene rings is 5. The van der Waals surface area contributed by atoms with Crippen molar-refractivity contribution in [3.63, 3.8) is 0 Å². The van der Waals surface area contributed by atoms with E-state index in [0.29, 0.717) is 28.9 Å². The number of hydrogen-bond acceptors (Lipinski definition) is 7. The second-order valence-electron chi connectivity index (χ2n) is 11.2. The summed E-state index contributed by atoms with van der Waals surface area (Å²) in [4.78, 5) is 19.8. The van der Waals surface area contributed by atoms with Crippen molar-refractivity contribution < 1.29 is 0 Å². The first-order chi connectivity index (χ1) is 23.2. The fourth-order valence-electron chi connectivity index (χ4n) is 5.92. The second-order valence-corrected chi connectivity index (χ2v) is 11.4. The van der Waals surface area contributed by atoms with Gasteiger partial charge in [0.2, 0.25) is 0 Å². The van der Waals surface area contributed by atoms with Crippen LogP contribution < -0.4 is 0 Å². The summed E-state index contributed by atoms with van der Waals surface area (Å²) in [6, 6.07) is 44.6. The lowest BCUT2D eigenvalue weighted by Gasteiger charge is -2.19. The van der Waals surface area contributed by atoms with Crippen LogP contribution in [0.2, 0.25) is 0 Å². The van der Waals surface area contributed by atoms with Gasteiger partial charge < -0.3 is 0 Å². The van der Waals surface area contributed by atoms with Crippen LogP contribution in [0.3, 0.4) is 0 Å². The van der Waals surface area contributed by atoms with Gasteiger partial charge in [-0.05, 0) is 42.2 Å². The molecule has 0 unspecified atom stereocenters. The zero-order valence-electron chi connectivity index (χ0n) is 25.0. The number of thiol groups is 1. The van der Waals surface area contributed by atoms with Gasteiger partial charge >= 0.3 is 0 Å². The molecule has 0 fully saturated rings. The number of fused-ring (bicyclic) bond motifs is 3. The Bertz CT molecular complexity index is 2350. The molecule has 1 aliphatic rings. The zero-order chi connectivity index (χ0) is 31.7. The van der Waals surface area contributed by atoms with E-state index in [9.17, 15) is 0 Å². The summed E-state index contributed by atoms with van der Waals surface area (Å²) in [7, 11) is 0. The highest BCUT2D eigenvalue weighted by Gasteiger charge is 2.24. The highest BCUT2D eigenvalue weighted by Crippen LogP contribution is 2.35. The number of allylic oxidation sites excluding steroid dienone is 1. The van der Waals surface area contributed by atoms with Crippen molar-refractivity contribution >= 4 is 41.2 Å². The summed E-state index contributed by atoms with van der Waals surface area (Å²) >= 11 is 4.21. The first kappa shape index (κ1) is 28.4. The van der Waals surface area contributed by atoms with E-state index in [1.165, 1.54) is 0 Å². The lowest BCUT2D eigenvalue weighted by Crippen LogP contribution is -2.18. The molecule has 2 heterocycles. The Morgan fingerprint density at radius 3 is 1.53 bits per heavy atom. The van der Waals surface area contributed by atoms with Crippen LogP contribution >= 0.6 is 12.8 Å². The van der Waals surface area contributed by atoms with E-state index in [-0.39, 0.29) is 0 Å². The van der Waals surface area contributed by atoms with E-state index in [1.54, 1.807) is 6.08 Å². The van der Waals surface area contributed by atoms with Crippen LogP contribution in [0.5, 0.6) is 0 Å². The average Bonchev–Trinajstić information content (AvgIpc) is 3.15. The standard InChI is InChI=1S/C40H26N6S/c41-33-24-23-32-35(37(33)46-47)31-13-7-8-14-34(31)42-36(32)27-17-21-30(22-18-27)40-44-38(28-11-5-2-6-12-28)43-39(45-40)29-19-15-26(16-20-29)25-9-3-1-4-10-25/h1-24,41,47H. The van der Waals surface area contributed by atoms with Gasteiger partial charge in [0.15, 0.2) is 17.5 Å². The molecule has 0 bridgehead atoms. The molecule has 5 aromatic carbocycles. The van der Waals surface area contributed by atoms with Gasteiger partial charge in [-0.3, -0.25) is 5.41 Å². The summed E-state index contributed by atoms with van der Waals surface area (Å²) in [5.74, 6) is 1.80. The van der Waals surface area contributed by atoms with Gasteiger partial charge in [0.25, 0.3) is 0 Å². The molecule has 222 valence electrons. The van der Waals surface area contributed by atoms with Crippen LogP contribution in [0, 0.1) is 5.41 Å². The molecule has 6 nitrogen and oxygen atoms in total. The van der Waals surface area contributed by atoms with Gasteiger partial charge in [-0.1, -0.05) is 127 Å². The van der Waals surface area contributed by atoms with Crippen molar-refractivity contribution in [2.24, 2.45) is 4.40 Å². The van der Waals surface area contributed by atoms with Crippen LogP contribution in [-0.2, 0) is 0 Å². The molecule has 0 aliphatic heterocycles. The molecule has 1 N–H and O–H groups in total. The van der Waals surface area contributed by atoms with Gasteiger partial charge in [-0.25, -0.2) is 24.3 Å². The van der Waals surface area contributed by atoms with Gasteiger partial charge in [-0.2, -0.15) is 0 Å². The molecule has 0 saturated heterocycles. The minimum atomic E-state index is 0.319. The Hall–Kier alpha value is -6.05. The van der Waals surface area contributed by atoms with Crippen molar-refractivity contribution in [3.05, 3.63) is 151 Å². The van der Waals surface area contributed by atoms with E-state index in [2.05, 4.69) is 53.6 Å². The number of para-hydroxylation sites is 1. The minimum Gasteiger partial charge on any atom is -0.299 e. The predicted octanol–water partition coefficient (Wildman–Crippen LogP) is 9.44. The van der Waals surface area contributed by atoms with E-state index >= 15 is 0 Å². The van der Waals surface area contributed by atoms with Crippen molar-refractivity contribution in [3.8, 4) is 56.5 Å². The normalized spacial score (nSPS) is 13.2. The zero-order valence-corrected chi connectivity index (χ0v) is 25.9. The number of aromatic nitrogens is 4. The summed E-state index contributed by atoms with van der Waals surface area (Å²) in [5.41, 5.74) is 10.2. The van der Waals surface area contributed by atoms with E-state index in [1.807, 2.05) is 103 Å². The maximum absolute atomic E-state index is 8.45. The molecule has 7 heteroatoms. The lowest BCUT2D eigenvalue weighted by atomic mass is 9.88. The average molecular weight is 623 g/mol. The van der Waals surface area contributed by atoms with Gasteiger partial charge in [-0.15, -0.1) is 0 Å². The van der Waals surface area contributed by atoms with Gasteiger partial charge in [0.1, 0.15) is 5.71 Å². The number of nitrogens with zero attached hydrogens (tertiary/aromatic N) is 5. The van der Waals surface area contributed by atoms with E-state index in [4.69, 9.17) is 25.3 Å². The third kappa shape index (κ3) is 5.32. The first-order valence-corrected chi connectivity index (χ1v) is 15.6. The molecular formula is C40H26N6S. The number of hydrogen-bond donors (Lipinski definition) is 2.